The zero-order valence-electron chi connectivity index (χ0n) is 11.7. The average Bonchev–Trinajstić information content (AvgIpc) is 2.49. The number of nitrogens with zero attached hydrogens (tertiary/aromatic N) is 1. The number of aromatic nitrogens is 1. The van der Waals surface area contributed by atoms with Crippen molar-refractivity contribution in [3.05, 3.63) is 64.4 Å². The van der Waals surface area contributed by atoms with Crippen molar-refractivity contribution < 1.29 is 8.78 Å². The summed E-state index contributed by atoms with van der Waals surface area (Å²) in [6.07, 6.45) is 2.83. The van der Waals surface area contributed by atoms with Crippen LogP contribution in [-0.4, -0.2) is 11.5 Å². The summed E-state index contributed by atoms with van der Waals surface area (Å²) in [5.74, 6) is -1.62. The molecule has 1 aromatic heterocycles. The summed E-state index contributed by atoms with van der Waals surface area (Å²) in [5, 5.41) is 3.85. The molecule has 0 amide bonds. The molecule has 1 heterocycles. The van der Waals surface area contributed by atoms with Gasteiger partial charge in [0.2, 0.25) is 0 Å². The molecule has 0 aliphatic heterocycles. The Kier molecular flexibility index (Phi) is 5.65. The predicted octanol–water partition coefficient (Wildman–Crippen LogP) is 4.30. The highest BCUT2D eigenvalue weighted by atomic mass is 35.5. The summed E-state index contributed by atoms with van der Waals surface area (Å²) in [5.41, 5.74) is 1.09. The van der Waals surface area contributed by atoms with Crippen molar-refractivity contribution in [3.63, 3.8) is 0 Å². The lowest BCUT2D eigenvalue weighted by Gasteiger charge is -2.18. The fraction of sp³-hybridized carbons (Fsp3) is 0.312. The van der Waals surface area contributed by atoms with E-state index in [1.54, 1.807) is 24.4 Å². The summed E-state index contributed by atoms with van der Waals surface area (Å²) in [7, 11) is 0. The highest BCUT2D eigenvalue weighted by molar-refractivity contribution is 6.30. The first-order valence-corrected chi connectivity index (χ1v) is 7.27. The number of hydrogen-bond acceptors (Lipinski definition) is 2. The fourth-order valence-corrected chi connectivity index (χ4v) is 2.23. The molecule has 2 aromatic rings. The summed E-state index contributed by atoms with van der Waals surface area (Å²) in [6.45, 7) is 2.81. The van der Waals surface area contributed by atoms with Gasteiger partial charge in [-0.05, 0) is 43.1 Å². The summed E-state index contributed by atoms with van der Waals surface area (Å²) in [4.78, 5) is 4.27. The van der Waals surface area contributed by atoms with Gasteiger partial charge in [-0.2, -0.15) is 0 Å². The van der Waals surface area contributed by atoms with Crippen LogP contribution >= 0.6 is 11.6 Å². The predicted molar refractivity (Wildman–Crippen MR) is 80.3 cm³/mol. The molecule has 1 aromatic carbocycles. The highest BCUT2D eigenvalue weighted by Gasteiger charge is 2.16. The minimum absolute atomic E-state index is 0.182. The molecule has 0 aliphatic rings. The maximum Gasteiger partial charge on any atom is 0.162 e. The Balaban J connectivity index is 2.23. The van der Waals surface area contributed by atoms with E-state index in [4.69, 9.17) is 11.6 Å². The van der Waals surface area contributed by atoms with Crippen LogP contribution in [0.3, 0.4) is 0 Å². The van der Waals surface area contributed by atoms with E-state index in [0.29, 0.717) is 17.0 Å². The molecule has 1 unspecified atom stereocenters. The molecule has 2 nitrogen and oxygen atoms in total. The first-order chi connectivity index (χ1) is 10.1. The van der Waals surface area contributed by atoms with Crippen LogP contribution in [0.5, 0.6) is 0 Å². The Morgan fingerprint density at radius 3 is 2.71 bits per heavy atom. The molecule has 21 heavy (non-hydrogen) atoms. The van der Waals surface area contributed by atoms with Crippen molar-refractivity contribution in [1.82, 2.24) is 10.3 Å². The van der Waals surface area contributed by atoms with E-state index in [1.165, 1.54) is 6.07 Å². The number of rotatable bonds is 6. The molecule has 0 saturated carbocycles. The lowest BCUT2D eigenvalue weighted by atomic mass is 10.0. The van der Waals surface area contributed by atoms with Crippen LogP contribution in [0, 0.1) is 11.6 Å². The van der Waals surface area contributed by atoms with E-state index in [2.05, 4.69) is 10.3 Å². The Hall–Kier alpha value is -1.52. The lowest BCUT2D eigenvalue weighted by Crippen LogP contribution is -2.25. The van der Waals surface area contributed by atoms with Crippen molar-refractivity contribution in [2.24, 2.45) is 0 Å². The van der Waals surface area contributed by atoms with Gasteiger partial charge in [0, 0.05) is 6.20 Å². The molecule has 0 saturated heterocycles. The van der Waals surface area contributed by atoms with Gasteiger partial charge in [-0.15, -0.1) is 0 Å². The molecule has 0 aliphatic carbocycles. The van der Waals surface area contributed by atoms with E-state index >= 15 is 0 Å². The summed E-state index contributed by atoms with van der Waals surface area (Å²) < 4.78 is 27.1. The van der Waals surface area contributed by atoms with Crippen LogP contribution in [0.2, 0.25) is 5.02 Å². The molecule has 0 fully saturated rings. The molecule has 5 heteroatoms. The van der Waals surface area contributed by atoms with E-state index in [1.807, 2.05) is 6.92 Å². The second-order valence-electron chi connectivity index (χ2n) is 4.83. The number of benzene rings is 1. The number of pyridine rings is 1. The maximum atomic E-state index is 13.8. The van der Waals surface area contributed by atoms with Gasteiger partial charge in [0.25, 0.3) is 0 Å². The van der Waals surface area contributed by atoms with E-state index in [-0.39, 0.29) is 6.04 Å². The molecule has 0 spiro atoms. The van der Waals surface area contributed by atoms with E-state index in [0.717, 1.165) is 24.7 Å². The smallest absolute Gasteiger partial charge is 0.162 e. The molecule has 2 rings (SSSR count). The zero-order valence-corrected chi connectivity index (χ0v) is 12.5. The quantitative estimate of drug-likeness (QED) is 0.860. The van der Waals surface area contributed by atoms with E-state index in [9.17, 15) is 8.78 Å². The van der Waals surface area contributed by atoms with Gasteiger partial charge >= 0.3 is 0 Å². The number of nitrogens with one attached hydrogen (secondary N) is 1. The lowest BCUT2D eigenvalue weighted by molar-refractivity contribution is 0.473. The average molecular weight is 311 g/mol. The third kappa shape index (κ3) is 4.22. The van der Waals surface area contributed by atoms with Gasteiger partial charge in [0.1, 0.15) is 0 Å². The molecular weight excluding hydrogens is 294 g/mol. The second-order valence-corrected chi connectivity index (χ2v) is 5.26. The first kappa shape index (κ1) is 15.9. The standard InChI is InChI=1S/C16H17ClF2N2/c1-2-8-20-15(14-7-6-12(17)10-21-14)9-11-4-3-5-13(18)16(11)19/h3-7,10,15,20H,2,8-9H2,1H3. The topological polar surface area (TPSA) is 24.9 Å². The summed E-state index contributed by atoms with van der Waals surface area (Å²) >= 11 is 5.83. The van der Waals surface area contributed by atoms with Crippen LogP contribution in [0.15, 0.2) is 36.5 Å². The first-order valence-electron chi connectivity index (χ1n) is 6.89. The monoisotopic (exact) mass is 310 g/mol. The zero-order chi connectivity index (χ0) is 15.2. The SMILES string of the molecule is CCCNC(Cc1cccc(F)c1F)c1ccc(Cl)cn1. The van der Waals surface area contributed by atoms with Crippen molar-refractivity contribution in [1.29, 1.82) is 0 Å². The van der Waals surface area contributed by atoms with Crippen LogP contribution < -0.4 is 5.32 Å². The Bertz CT molecular complexity index is 587. The van der Waals surface area contributed by atoms with Crippen LogP contribution in [-0.2, 0) is 6.42 Å². The maximum absolute atomic E-state index is 13.8. The Labute approximate surface area is 128 Å². The number of hydrogen-bond donors (Lipinski definition) is 1. The highest BCUT2D eigenvalue weighted by Crippen LogP contribution is 2.21. The minimum Gasteiger partial charge on any atom is -0.308 e. The van der Waals surface area contributed by atoms with Gasteiger partial charge in [-0.3, -0.25) is 4.98 Å². The molecule has 0 radical (unpaired) electrons. The third-order valence-corrected chi connectivity index (χ3v) is 3.43. The Morgan fingerprint density at radius 1 is 1.24 bits per heavy atom. The number of halogens is 3. The van der Waals surface area contributed by atoms with Gasteiger partial charge in [-0.25, -0.2) is 8.78 Å². The van der Waals surface area contributed by atoms with Crippen LogP contribution in [0.25, 0.3) is 0 Å². The van der Waals surface area contributed by atoms with Crippen molar-refractivity contribution in [2.75, 3.05) is 6.54 Å². The summed E-state index contributed by atoms with van der Waals surface area (Å²) in [6, 6.07) is 7.58. The van der Waals surface area contributed by atoms with Crippen LogP contribution in [0.4, 0.5) is 8.78 Å². The van der Waals surface area contributed by atoms with Gasteiger partial charge < -0.3 is 5.32 Å². The largest absolute Gasteiger partial charge is 0.308 e. The van der Waals surface area contributed by atoms with Crippen molar-refractivity contribution in [2.45, 2.75) is 25.8 Å². The molecule has 112 valence electrons. The third-order valence-electron chi connectivity index (χ3n) is 3.20. The van der Waals surface area contributed by atoms with Gasteiger partial charge in [-0.1, -0.05) is 30.7 Å². The molecule has 1 atom stereocenters. The molecule has 0 bridgehead atoms. The van der Waals surface area contributed by atoms with Gasteiger partial charge in [0.05, 0.1) is 16.8 Å². The normalized spacial score (nSPS) is 12.4. The van der Waals surface area contributed by atoms with E-state index < -0.39 is 11.6 Å². The second kappa shape index (κ2) is 7.48. The fourth-order valence-electron chi connectivity index (χ4n) is 2.12. The molecular formula is C16H17ClF2N2. The minimum atomic E-state index is -0.828. The van der Waals surface area contributed by atoms with Gasteiger partial charge in [0.15, 0.2) is 11.6 Å². The van der Waals surface area contributed by atoms with Crippen molar-refractivity contribution in [3.8, 4) is 0 Å². The van der Waals surface area contributed by atoms with Crippen LogP contribution in [0.1, 0.15) is 30.6 Å². The molecule has 1 N–H and O–H groups in total. The Morgan fingerprint density at radius 2 is 2.05 bits per heavy atom. The van der Waals surface area contributed by atoms with Crippen molar-refractivity contribution >= 4 is 11.6 Å².